The largest absolute Gasteiger partial charge is 0.328 e. The predicted octanol–water partition coefficient (Wildman–Crippen LogP) is 6.51. The molecule has 0 fully saturated rings. The molecular formula is C20H44N2O3. The molecule has 0 atom stereocenters. The Morgan fingerprint density at radius 3 is 1.16 bits per heavy atom. The fourth-order valence-corrected chi connectivity index (χ4v) is 2.89. The van der Waals surface area contributed by atoms with Gasteiger partial charge in [0.15, 0.2) is 0 Å². The van der Waals surface area contributed by atoms with Crippen molar-refractivity contribution in [2.45, 2.75) is 117 Å². The van der Waals surface area contributed by atoms with Crippen LogP contribution in [0.1, 0.15) is 117 Å². The standard InChI is InChI=1S/C20H43N.HNO3/c1-3-5-7-9-11-12-13-14-16-18-20-21-19-17-15-10-8-6-4-2;2-1(3)4/h21H,3-20H2,1-2H3;(H,2,3,4). The highest BCUT2D eigenvalue weighted by atomic mass is 16.9. The summed E-state index contributed by atoms with van der Waals surface area (Å²) in [5.74, 6) is 0. The quantitative estimate of drug-likeness (QED) is 0.166. The van der Waals surface area contributed by atoms with Crippen LogP contribution >= 0.6 is 0 Å². The third kappa shape index (κ3) is 35.2. The van der Waals surface area contributed by atoms with E-state index in [1.165, 1.54) is 116 Å². The van der Waals surface area contributed by atoms with Crippen LogP contribution in [0, 0.1) is 10.1 Å². The molecule has 0 saturated heterocycles. The van der Waals surface area contributed by atoms with E-state index in [-0.39, 0.29) is 0 Å². The second kappa shape index (κ2) is 25.4. The molecule has 152 valence electrons. The Hall–Kier alpha value is -0.840. The van der Waals surface area contributed by atoms with E-state index in [9.17, 15) is 0 Å². The van der Waals surface area contributed by atoms with Crippen LogP contribution in [-0.4, -0.2) is 23.4 Å². The van der Waals surface area contributed by atoms with E-state index in [0.717, 1.165) is 0 Å². The average Bonchev–Trinajstić information content (AvgIpc) is 2.57. The number of unbranched alkanes of at least 4 members (excludes halogenated alkanes) is 14. The summed E-state index contributed by atoms with van der Waals surface area (Å²) < 4.78 is 0. The minimum absolute atomic E-state index is 1.24. The van der Waals surface area contributed by atoms with Crippen molar-refractivity contribution in [3.05, 3.63) is 10.1 Å². The Labute approximate surface area is 156 Å². The molecule has 0 unspecified atom stereocenters. The lowest BCUT2D eigenvalue weighted by Crippen LogP contribution is -2.16. The molecule has 0 aromatic carbocycles. The van der Waals surface area contributed by atoms with Crippen LogP contribution in [0.2, 0.25) is 0 Å². The van der Waals surface area contributed by atoms with Crippen molar-refractivity contribution in [3.8, 4) is 0 Å². The Bertz CT molecular complexity index is 229. The molecule has 0 aromatic heterocycles. The van der Waals surface area contributed by atoms with Gasteiger partial charge in [-0.15, -0.1) is 10.1 Å². The monoisotopic (exact) mass is 360 g/mol. The van der Waals surface area contributed by atoms with Crippen LogP contribution in [0.5, 0.6) is 0 Å². The first-order chi connectivity index (χ1) is 12.1. The highest BCUT2D eigenvalue weighted by Gasteiger charge is 1.93. The van der Waals surface area contributed by atoms with E-state index in [4.69, 9.17) is 15.3 Å². The van der Waals surface area contributed by atoms with E-state index in [0.29, 0.717) is 0 Å². The molecule has 0 amide bonds. The van der Waals surface area contributed by atoms with Gasteiger partial charge in [0.25, 0.3) is 5.09 Å². The van der Waals surface area contributed by atoms with E-state index < -0.39 is 5.09 Å². The molecular weight excluding hydrogens is 316 g/mol. The number of hydrogen-bond donors (Lipinski definition) is 2. The van der Waals surface area contributed by atoms with Gasteiger partial charge in [0.1, 0.15) is 0 Å². The Balaban J connectivity index is 0. The second-order valence-electron chi connectivity index (χ2n) is 6.94. The van der Waals surface area contributed by atoms with Crippen LogP contribution in [0.3, 0.4) is 0 Å². The maximum Gasteiger partial charge on any atom is 0.291 e. The van der Waals surface area contributed by atoms with Crippen molar-refractivity contribution in [3.63, 3.8) is 0 Å². The van der Waals surface area contributed by atoms with Gasteiger partial charge in [0.2, 0.25) is 0 Å². The van der Waals surface area contributed by atoms with Crippen molar-refractivity contribution in [1.82, 2.24) is 5.32 Å². The fourth-order valence-electron chi connectivity index (χ4n) is 2.89. The van der Waals surface area contributed by atoms with Gasteiger partial charge >= 0.3 is 0 Å². The highest BCUT2D eigenvalue weighted by molar-refractivity contribution is 4.52. The summed E-state index contributed by atoms with van der Waals surface area (Å²) in [4.78, 5) is 8.36. The van der Waals surface area contributed by atoms with Gasteiger partial charge in [0, 0.05) is 0 Å². The molecule has 0 heterocycles. The second-order valence-corrected chi connectivity index (χ2v) is 6.94. The smallest absolute Gasteiger partial charge is 0.291 e. The number of rotatable bonds is 18. The normalized spacial score (nSPS) is 10.3. The third-order valence-corrected chi connectivity index (χ3v) is 4.41. The molecule has 0 bridgehead atoms. The minimum atomic E-state index is -1.50. The number of hydrogen-bond acceptors (Lipinski definition) is 3. The van der Waals surface area contributed by atoms with Gasteiger partial charge in [-0.05, 0) is 25.9 Å². The van der Waals surface area contributed by atoms with Gasteiger partial charge in [-0.2, -0.15) is 0 Å². The molecule has 0 aliphatic rings. The molecule has 0 radical (unpaired) electrons. The summed E-state index contributed by atoms with van der Waals surface area (Å²) in [6, 6.07) is 0. The zero-order chi connectivity index (χ0) is 19.0. The lowest BCUT2D eigenvalue weighted by Gasteiger charge is -2.05. The molecule has 0 spiro atoms. The van der Waals surface area contributed by atoms with Gasteiger partial charge < -0.3 is 10.5 Å². The topological polar surface area (TPSA) is 75.4 Å². The molecule has 2 N–H and O–H groups in total. The first-order valence-electron chi connectivity index (χ1n) is 10.7. The summed E-state index contributed by atoms with van der Waals surface area (Å²) >= 11 is 0. The summed E-state index contributed by atoms with van der Waals surface area (Å²) in [6.45, 7) is 7.06. The highest BCUT2D eigenvalue weighted by Crippen LogP contribution is 2.10. The van der Waals surface area contributed by atoms with E-state index in [1.54, 1.807) is 0 Å². The summed E-state index contributed by atoms with van der Waals surface area (Å²) in [5, 5.41) is 17.2. The van der Waals surface area contributed by atoms with E-state index in [2.05, 4.69) is 19.2 Å². The zero-order valence-electron chi connectivity index (χ0n) is 16.9. The Kier molecular flexibility index (Phi) is 26.8. The van der Waals surface area contributed by atoms with Crippen LogP contribution in [0.4, 0.5) is 0 Å². The Morgan fingerprint density at radius 2 is 0.880 bits per heavy atom. The summed E-state index contributed by atoms with van der Waals surface area (Å²) in [6.07, 6.45) is 22.8. The lowest BCUT2D eigenvalue weighted by atomic mass is 10.1. The maximum atomic E-state index is 8.36. The third-order valence-electron chi connectivity index (χ3n) is 4.41. The van der Waals surface area contributed by atoms with E-state index >= 15 is 0 Å². The fraction of sp³-hybridized carbons (Fsp3) is 1.00. The number of nitrogens with zero attached hydrogens (tertiary/aromatic N) is 1. The molecule has 5 nitrogen and oxygen atoms in total. The molecule has 5 heteroatoms. The van der Waals surface area contributed by atoms with Crippen LogP contribution in [0.15, 0.2) is 0 Å². The molecule has 0 aliphatic heterocycles. The predicted molar refractivity (Wildman–Crippen MR) is 107 cm³/mol. The van der Waals surface area contributed by atoms with Gasteiger partial charge in [-0.25, -0.2) is 0 Å². The van der Waals surface area contributed by atoms with Crippen molar-refractivity contribution in [2.75, 3.05) is 13.1 Å². The van der Waals surface area contributed by atoms with E-state index in [1.807, 2.05) is 0 Å². The minimum Gasteiger partial charge on any atom is -0.328 e. The first-order valence-corrected chi connectivity index (χ1v) is 10.7. The molecule has 25 heavy (non-hydrogen) atoms. The summed E-state index contributed by atoms with van der Waals surface area (Å²) in [5.41, 5.74) is 0. The average molecular weight is 361 g/mol. The lowest BCUT2D eigenvalue weighted by molar-refractivity contribution is -0.742. The zero-order valence-corrected chi connectivity index (χ0v) is 16.9. The summed E-state index contributed by atoms with van der Waals surface area (Å²) in [7, 11) is 0. The SMILES string of the molecule is CCCCCCCCCCCCNCCCCCCCC.O=[N+]([O-])O. The Morgan fingerprint density at radius 1 is 0.640 bits per heavy atom. The van der Waals surface area contributed by atoms with Crippen molar-refractivity contribution in [1.29, 1.82) is 0 Å². The van der Waals surface area contributed by atoms with Gasteiger partial charge in [-0.1, -0.05) is 104 Å². The van der Waals surface area contributed by atoms with Crippen LogP contribution < -0.4 is 5.32 Å². The first kappa shape index (κ1) is 26.4. The molecule has 0 saturated carbocycles. The van der Waals surface area contributed by atoms with Crippen molar-refractivity contribution in [2.24, 2.45) is 0 Å². The maximum absolute atomic E-state index is 8.36. The molecule has 0 aromatic rings. The van der Waals surface area contributed by atoms with Crippen molar-refractivity contribution >= 4 is 0 Å². The molecule has 0 aliphatic carbocycles. The van der Waals surface area contributed by atoms with Gasteiger partial charge in [-0.3, -0.25) is 0 Å². The van der Waals surface area contributed by atoms with Gasteiger partial charge in [0.05, 0.1) is 0 Å². The number of nitrogens with one attached hydrogen (secondary N) is 1. The van der Waals surface area contributed by atoms with Crippen molar-refractivity contribution < 1.29 is 10.3 Å². The van der Waals surface area contributed by atoms with Crippen LogP contribution in [-0.2, 0) is 0 Å². The van der Waals surface area contributed by atoms with Crippen LogP contribution in [0.25, 0.3) is 0 Å². The molecule has 0 rings (SSSR count).